The fraction of sp³-hybridized carbons (Fsp3) is 0.143. The molecule has 0 saturated heterocycles. The van der Waals surface area contributed by atoms with E-state index in [0.29, 0.717) is 32.4 Å². The lowest BCUT2D eigenvalue weighted by molar-refractivity contribution is -0.286. The van der Waals surface area contributed by atoms with Crippen LogP contribution in [0, 0.1) is 6.92 Å². The molecule has 0 aliphatic carbocycles. The highest BCUT2D eigenvalue weighted by molar-refractivity contribution is 6.35. The number of alkyl halides is 2. The summed E-state index contributed by atoms with van der Waals surface area (Å²) in [5, 5.41) is 0.650. The number of pyridine rings is 1. The number of anilines is 1. The van der Waals surface area contributed by atoms with Crippen LogP contribution in [0.1, 0.15) is 21.5 Å². The fourth-order valence-electron chi connectivity index (χ4n) is 3.15. The zero-order valence-electron chi connectivity index (χ0n) is 15.5. The number of amides is 1. The number of halogens is 4. The number of nitrogens with zero attached hydrogens (tertiary/aromatic N) is 2. The van der Waals surface area contributed by atoms with Gasteiger partial charge in [-0.2, -0.15) is 0 Å². The first kappa shape index (κ1) is 20.4. The van der Waals surface area contributed by atoms with Crippen molar-refractivity contribution in [2.75, 3.05) is 4.90 Å². The Kier molecular flexibility index (Phi) is 5.26. The van der Waals surface area contributed by atoms with E-state index < -0.39 is 6.29 Å². The van der Waals surface area contributed by atoms with Crippen LogP contribution in [0.3, 0.4) is 0 Å². The maximum Gasteiger partial charge on any atom is 0.586 e. The predicted molar refractivity (Wildman–Crippen MR) is 109 cm³/mol. The van der Waals surface area contributed by atoms with Crippen molar-refractivity contribution >= 4 is 34.8 Å². The van der Waals surface area contributed by atoms with Crippen LogP contribution < -0.4 is 14.4 Å². The van der Waals surface area contributed by atoms with Crippen LogP contribution in [0.2, 0.25) is 10.0 Å². The summed E-state index contributed by atoms with van der Waals surface area (Å²) in [7, 11) is 0. The molecule has 2 aromatic carbocycles. The standard InChI is InChI=1S/C21H14Cl2F2N2O3/c1-12-10-26-6-5-17(12)20(28)27(16-8-14(22)7-15(23)9-16)11-13-3-2-4-18-19(13)30-21(24,25)29-18/h2-10H,11H2,1H3. The monoisotopic (exact) mass is 450 g/mol. The van der Waals surface area contributed by atoms with Gasteiger partial charge in [-0.1, -0.05) is 35.3 Å². The van der Waals surface area contributed by atoms with Crippen LogP contribution in [0.15, 0.2) is 54.9 Å². The van der Waals surface area contributed by atoms with Crippen molar-refractivity contribution in [1.29, 1.82) is 0 Å². The summed E-state index contributed by atoms with van der Waals surface area (Å²) in [5.41, 5.74) is 1.79. The summed E-state index contributed by atoms with van der Waals surface area (Å²) in [5.74, 6) is -0.606. The summed E-state index contributed by atoms with van der Waals surface area (Å²) < 4.78 is 36.4. The smallest absolute Gasteiger partial charge is 0.395 e. The minimum atomic E-state index is -3.77. The summed E-state index contributed by atoms with van der Waals surface area (Å²) in [6, 6.07) is 10.7. The topological polar surface area (TPSA) is 51.7 Å². The van der Waals surface area contributed by atoms with E-state index in [4.69, 9.17) is 23.2 Å². The lowest BCUT2D eigenvalue weighted by atomic mass is 10.1. The molecular formula is C21H14Cl2F2N2O3. The van der Waals surface area contributed by atoms with Crippen molar-refractivity contribution in [2.45, 2.75) is 19.8 Å². The normalized spacial score (nSPS) is 13.9. The summed E-state index contributed by atoms with van der Waals surface area (Å²) in [4.78, 5) is 18.8. The highest BCUT2D eigenvalue weighted by atomic mass is 35.5. The highest BCUT2D eigenvalue weighted by Crippen LogP contribution is 2.44. The second kappa shape index (κ2) is 7.74. The van der Waals surface area contributed by atoms with Crippen LogP contribution in [-0.2, 0) is 6.54 Å². The van der Waals surface area contributed by atoms with Gasteiger partial charge in [0.05, 0.1) is 6.54 Å². The third kappa shape index (κ3) is 4.04. The number of hydrogen-bond donors (Lipinski definition) is 0. The molecule has 2 heterocycles. The Morgan fingerprint density at radius 2 is 1.87 bits per heavy atom. The van der Waals surface area contributed by atoms with Crippen LogP contribution >= 0.6 is 23.2 Å². The third-order valence-corrected chi connectivity index (χ3v) is 4.93. The van der Waals surface area contributed by atoms with Gasteiger partial charge in [0.1, 0.15) is 0 Å². The predicted octanol–water partition coefficient (Wildman–Crippen LogP) is 5.87. The van der Waals surface area contributed by atoms with Gasteiger partial charge in [-0.05, 0) is 42.8 Å². The molecule has 0 N–H and O–H groups in total. The molecule has 30 heavy (non-hydrogen) atoms. The Morgan fingerprint density at radius 1 is 1.13 bits per heavy atom. The zero-order valence-corrected chi connectivity index (χ0v) is 17.0. The van der Waals surface area contributed by atoms with Crippen LogP contribution in [-0.4, -0.2) is 17.2 Å². The van der Waals surface area contributed by atoms with E-state index in [-0.39, 0.29) is 24.0 Å². The molecule has 1 aliphatic rings. The van der Waals surface area contributed by atoms with Crippen molar-refractivity contribution in [3.05, 3.63) is 81.6 Å². The Labute approximate surface area is 180 Å². The van der Waals surface area contributed by atoms with E-state index in [2.05, 4.69) is 14.5 Å². The van der Waals surface area contributed by atoms with E-state index in [0.717, 1.165) is 0 Å². The van der Waals surface area contributed by atoms with Crippen LogP contribution in [0.25, 0.3) is 0 Å². The molecule has 0 atom stereocenters. The number of carbonyl (C=O) groups excluding carboxylic acids is 1. The molecule has 0 saturated carbocycles. The molecule has 1 aromatic heterocycles. The first-order valence-electron chi connectivity index (χ1n) is 8.80. The van der Waals surface area contributed by atoms with Crippen LogP contribution in [0.5, 0.6) is 11.5 Å². The molecule has 4 rings (SSSR count). The molecule has 3 aromatic rings. The number of carbonyl (C=O) groups is 1. The number of para-hydroxylation sites is 1. The number of hydrogen-bond acceptors (Lipinski definition) is 4. The average Bonchev–Trinajstić information content (AvgIpc) is 2.99. The number of fused-ring (bicyclic) bond motifs is 1. The molecule has 154 valence electrons. The fourth-order valence-corrected chi connectivity index (χ4v) is 3.67. The minimum Gasteiger partial charge on any atom is -0.395 e. The summed E-state index contributed by atoms with van der Waals surface area (Å²) in [6.07, 6.45) is -0.705. The Bertz CT molecular complexity index is 1120. The quantitative estimate of drug-likeness (QED) is 0.498. The van der Waals surface area contributed by atoms with E-state index >= 15 is 0 Å². The minimum absolute atomic E-state index is 0.0835. The maximum absolute atomic E-state index is 13.6. The molecule has 0 fully saturated rings. The average molecular weight is 451 g/mol. The zero-order chi connectivity index (χ0) is 21.5. The van der Waals surface area contributed by atoms with Gasteiger partial charge in [-0.3, -0.25) is 9.78 Å². The van der Waals surface area contributed by atoms with E-state index in [1.165, 1.54) is 23.2 Å². The van der Waals surface area contributed by atoms with Crippen molar-refractivity contribution < 1.29 is 23.0 Å². The van der Waals surface area contributed by atoms with Gasteiger partial charge in [-0.25, -0.2) is 0 Å². The molecule has 1 amide bonds. The first-order valence-corrected chi connectivity index (χ1v) is 9.55. The van der Waals surface area contributed by atoms with Crippen molar-refractivity contribution in [3.8, 4) is 11.5 Å². The molecule has 0 bridgehead atoms. The molecule has 0 radical (unpaired) electrons. The van der Waals surface area contributed by atoms with Crippen molar-refractivity contribution in [3.63, 3.8) is 0 Å². The summed E-state index contributed by atoms with van der Waals surface area (Å²) in [6.45, 7) is 1.67. The Morgan fingerprint density at radius 3 is 2.57 bits per heavy atom. The van der Waals surface area contributed by atoms with E-state index in [9.17, 15) is 13.6 Å². The van der Waals surface area contributed by atoms with Crippen LogP contribution in [0.4, 0.5) is 14.5 Å². The number of ether oxygens (including phenoxy) is 2. The van der Waals surface area contributed by atoms with Gasteiger partial charge in [0.25, 0.3) is 5.91 Å². The second-order valence-electron chi connectivity index (χ2n) is 6.62. The maximum atomic E-state index is 13.6. The third-order valence-electron chi connectivity index (χ3n) is 4.49. The number of benzene rings is 2. The number of rotatable bonds is 4. The van der Waals surface area contributed by atoms with E-state index in [1.807, 2.05) is 0 Å². The van der Waals surface area contributed by atoms with Gasteiger partial charge in [0.15, 0.2) is 11.5 Å². The van der Waals surface area contributed by atoms with E-state index in [1.54, 1.807) is 43.5 Å². The molecule has 0 unspecified atom stereocenters. The number of aromatic nitrogens is 1. The second-order valence-corrected chi connectivity index (χ2v) is 7.49. The summed E-state index contributed by atoms with van der Waals surface area (Å²) >= 11 is 12.3. The lowest BCUT2D eigenvalue weighted by Gasteiger charge is -2.25. The SMILES string of the molecule is Cc1cnccc1C(=O)N(Cc1cccc2c1OC(F)(F)O2)c1cc(Cl)cc(Cl)c1. The van der Waals surface area contributed by atoms with Gasteiger partial charge >= 0.3 is 6.29 Å². The molecule has 0 spiro atoms. The largest absolute Gasteiger partial charge is 0.586 e. The molecule has 1 aliphatic heterocycles. The lowest BCUT2D eigenvalue weighted by Crippen LogP contribution is -2.31. The molecular weight excluding hydrogens is 437 g/mol. The molecule has 5 nitrogen and oxygen atoms in total. The van der Waals surface area contributed by atoms with Gasteiger partial charge in [0.2, 0.25) is 0 Å². The molecule has 9 heteroatoms. The highest BCUT2D eigenvalue weighted by Gasteiger charge is 2.44. The van der Waals surface area contributed by atoms with Crippen molar-refractivity contribution in [2.24, 2.45) is 0 Å². The number of aryl methyl sites for hydroxylation is 1. The Balaban J connectivity index is 1.79. The van der Waals surface area contributed by atoms with Gasteiger partial charge in [0, 0.05) is 39.3 Å². The first-order chi connectivity index (χ1) is 14.2. The van der Waals surface area contributed by atoms with Crippen molar-refractivity contribution in [1.82, 2.24) is 4.98 Å². The Hall–Kier alpha value is -2.90. The van der Waals surface area contributed by atoms with Gasteiger partial charge < -0.3 is 14.4 Å². The van der Waals surface area contributed by atoms with Gasteiger partial charge in [-0.15, -0.1) is 8.78 Å².